The highest BCUT2D eigenvalue weighted by atomic mass is 35.5. The molecule has 2 aliphatic rings. The number of anilines is 1. The fraction of sp³-hybridized carbons (Fsp3) is 0.273. The monoisotopic (exact) mass is 447 g/mol. The van der Waals surface area contributed by atoms with Crippen LogP contribution in [0.3, 0.4) is 0 Å². The summed E-state index contributed by atoms with van der Waals surface area (Å²) in [5.41, 5.74) is 1.14. The van der Waals surface area contributed by atoms with Crippen LogP contribution in [0.5, 0.6) is 0 Å². The number of piperazine rings is 1. The SMILES string of the molecule is CCN1CCN(C2=C(c3ccc(Cl)cc3Cl)C(=O)N(c3cccc(F)c3)C2=O)CC1. The molecule has 2 aromatic rings. The van der Waals surface area contributed by atoms with Gasteiger partial charge in [-0.3, -0.25) is 9.59 Å². The molecule has 0 aliphatic carbocycles. The van der Waals surface area contributed by atoms with Crippen LogP contribution in [0.1, 0.15) is 12.5 Å². The Balaban J connectivity index is 1.82. The lowest BCUT2D eigenvalue weighted by atomic mass is 10.0. The lowest BCUT2D eigenvalue weighted by Crippen LogP contribution is -2.47. The third-order valence-electron chi connectivity index (χ3n) is 5.46. The van der Waals surface area contributed by atoms with Crippen LogP contribution in [0.4, 0.5) is 10.1 Å². The smallest absolute Gasteiger partial charge is 0.282 e. The molecule has 0 aromatic heterocycles. The maximum atomic E-state index is 13.8. The number of nitrogens with zero attached hydrogens (tertiary/aromatic N) is 3. The highest BCUT2D eigenvalue weighted by Gasteiger charge is 2.43. The van der Waals surface area contributed by atoms with Gasteiger partial charge in [0.2, 0.25) is 0 Å². The van der Waals surface area contributed by atoms with Crippen molar-refractivity contribution in [3.63, 3.8) is 0 Å². The van der Waals surface area contributed by atoms with Gasteiger partial charge in [-0.1, -0.05) is 42.3 Å². The van der Waals surface area contributed by atoms with E-state index in [4.69, 9.17) is 23.2 Å². The number of rotatable bonds is 4. The van der Waals surface area contributed by atoms with Gasteiger partial charge in [-0.05, 0) is 36.9 Å². The first-order valence-corrected chi connectivity index (χ1v) is 10.5. The van der Waals surface area contributed by atoms with E-state index >= 15 is 0 Å². The molecular weight excluding hydrogens is 428 g/mol. The van der Waals surface area contributed by atoms with Gasteiger partial charge in [0.05, 0.1) is 16.3 Å². The van der Waals surface area contributed by atoms with Crippen molar-refractivity contribution >= 4 is 46.3 Å². The van der Waals surface area contributed by atoms with E-state index in [-0.39, 0.29) is 16.3 Å². The Kier molecular flexibility index (Phi) is 5.82. The van der Waals surface area contributed by atoms with Crippen molar-refractivity contribution in [3.8, 4) is 0 Å². The summed E-state index contributed by atoms with van der Waals surface area (Å²) in [4.78, 5) is 32.1. The highest BCUT2D eigenvalue weighted by molar-refractivity contribution is 6.47. The summed E-state index contributed by atoms with van der Waals surface area (Å²) in [5.74, 6) is -1.52. The third kappa shape index (κ3) is 3.71. The van der Waals surface area contributed by atoms with E-state index in [0.717, 1.165) is 24.5 Å². The van der Waals surface area contributed by atoms with Crippen molar-refractivity contribution in [2.45, 2.75) is 6.92 Å². The van der Waals surface area contributed by atoms with Gasteiger partial charge in [-0.2, -0.15) is 0 Å². The summed E-state index contributed by atoms with van der Waals surface area (Å²) in [7, 11) is 0. The lowest BCUT2D eigenvalue weighted by Gasteiger charge is -2.36. The fourth-order valence-corrected chi connectivity index (χ4v) is 4.39. The van der Waals surface area contributed by atoms with Crippen molar-refractivity contribution in [2.75, 3.05) is 37.6 Å². The summed E-state index contributed by atoms with van der Waals surface area (Å²) in [5, 5.41) is 0.714. The minimum atomic E-state index is -0.525. The first-order chi connectivity index (χ1) is 14.4. The van der Waals surface area contributed by atoms with Gasteiger partial charge in [-0.15, -0.1) is 0 Å². The van der Waals surface area contributed by atoms with Crippen LogP contribution in [-0.4, -0.2) is 54.3 Å². The molecule has 2 aromatic carbocycles. The van der Waals surface area contributed by atoms with Crippen LogP contribution in [0.15, 0.2) is 48.2 Å². The molecule has 4 rings (SSSR count). The second-order valence-corrected chi connectivity index (χ2v) is 8.04. The summed E-state index contributed by atoms with van der Waals surface area (Å²) < 4.78 is 13.8. The molecule has 30 heavy (non-hydrogen) atoms. The lowest BCUT2D eigenvalue weighted by molar-refractivity contribution is -0.120. The molecule has 0 bridgehead atoms. The number of likely N-dealkylation sites (N-methyl/N-ethyl adjacent to an activating group) is 1. The molecule has 2 aliphatic heterocycles. The molecule has 0 spiro atoms. The number of amides is 2. The normalized spacial score (nSPS) is 18.0. The Morgan fingerprint density at radius 3 is 2.33 bits per heavy atom. The number of imide groups is 1. The summed E-state index contributed by atoms with van der Waals surface area (Å²) in [6, 6.07) is 10.3. The Hall–Kier alpha value is -2.41. The fourth-order valence-electron chi connectivity index (χ4n) is 3.88. The average molecular weight is 448 g/mol. The molecule has 1 saturated heterocycles. The summed E-state index contributed by atoms with van der Waals surface area (Å²) in [6.07, 6.45) is 0. The number of benzene rings is 2. The highest BCUT2D eigenvalue weighted by Crippen LogP contribution is 2.38. The predicted molar refractivity (Wildman–Crippen MR) is 116 cm³/mol. The van der Waals surface area contributed by atoms with Gasteiger partial charge in [0.1, 0.15) is 11.5 Å². The van der Waals surface area contributed by atoms with E-state index in [1.54, 1.807) is 18.2 Å². The standard InChI is InChI=1S/C22H20Cl2FN3O2/c1-2-26-8-10-27(11-9-26)20-19(17-7-6-14(23)12-18(17)24)21(29)28(22(20)30)16-5-3-4-15(25)13-16/h3-7,12-13H,2,8-11H2,1H3. The second-order valence-electron chi connectivity index (χ2n) is 7.19. The largest absolute Gasteiger partial charge is 0.364 e. The zero-order valence-corrected chi connectivity index (χ0v) is 17.9. The quantitative estimate of drug-likeness (QED) is 0.662. The van der Waals surface area contributed by atoms with Gasteiger partial charge < -0.3 is 9.80 Å². The van der Waals surface area contributed by atoms with Crippen LogP contribution in [0, 0.1) is 5.82 Å². The molecule has 0 N–H and O–H groups in total. The first-order valence-electron chi connectivity index (χ1n) is 9.72. The molecule has 156 valence electrons. The predicted octanol–water partition coefficient (Wildman–Crippen LogP) is 4.05. The number of halogens is 3. The van der Waals surface area contributed by atoms with Gasteiger partial charge in [0.25, 0.3) is 11.8 Å². The molecular formula is C22H20Cl2FN3O2. The third-order valence-corrected chi connectivity index (χ3v) is 6.01. The van der Waals surface area contributed by atoms with E-state index in [1.165, 1.54) is 24.3 Å². The number of carbonyl (C=O) groups excluding carboxylic acids is 2. The number of hydrogen-bond acceptors (Lipinski definition) is 4. The van der Waals surface area contributed by atoms with Gasteiger partial charge >= 0.3 is 0 Å². The zero-order valence-electron chi connectivity index (χ0n) is 16.4. The van der Waals surface area contributed by atoms with E-state index in [9.17, 15) is 14.0 Å². The first kappa shape index (κ1) is 20.8. The van der Waals surface area contributed by atoms with E-state index < -0.39 is 17.6 Å². The minimum Gasteiger partial charge on any atom is -0.364 e. The van der Waals surface area contributed by atoms with Gasteiger partial charge in [-0.25, -0.2) is 9.29 Å². The summed E-state index contributed by atoms with van der Waals surface area (Å²) >= 11 is 12.4. The maximum Gasteiger partial charge on any atom is 0.282 e. The molecule has 0 radical (unpaired) electrons. The molecule has 2 heterocycles. The zero-order chi connectivity index (χ0) is 21.4. The van der Waals surface area contributed by atoms with Crippen molar-refractivity contribution in [1.82, 2.24) is 9.80 Å². The van der Waals surface area contributed by atoms with Crippen molar-refractivity contribution in [2.24, 2.45) is 0 Å². The van der Waals surface area contributed by atoms with Crippen molar-refractivity contribution in [1.29, 1.82) is 0 Å². The molecule has 1 fully saturated rings. The Morgan fingerprint density at radius 2 is 1.70 bits per heavy atom. The molecule has 2 amide bonds. The Morgan fingerprint density at radius 1 is 0.967 bits per heavy atom. The summed E-state index contributed by atoms with van der Waals surface area (Å²) in [6.45, 7) is 5.78. The molecule has 0 saturated carbocycles. The van der Waals surface area contributed by atoms with Crippen LogP contribution in [-0.2, 0) is 9.59 Å². The Labute approximate surface area is 184 Å². The molecule has 5 nitrogen and oxygen atoms in total. The van der Waals surface area contributed by atoms with Crippen LogP contribution in [0.25, 0.3) is 5.57 Å². The van der Waals surface area contributed by atoms with Crippen LogP contribution >= 0.6 is 23.2 Å². The van der Waals surface area contributed by atoms with E-state index in [1.807, 2.05) is 4.90 Å². The average Bonchev–Trinajstić information content (AvgIpc) is 2.98. The minimum absolute atomic E-state index is 0.190. The van der Waals surface area contributed by atoms with Crippen LogP contribution < -0.4 is 4.90 Å². The number of carbonyl (C=O) groups is 2. The molecule has 0 unspecified atom stereocenters. The van der Waals surface area contributed by atoms with E-state index in [0.29, 0.717) is 29.4 Å². The van der Waals surface area contributed by atoms with Crippen molar-refractivity contribution in [3.05, 3.63) is 69.6 Å². The Bertz CT molecular complexity index is 1050. The van der Waals surface area contributed by atoms with Crippen LogP contribution in [0.2, 0.25) is 10.0 Å². The van der Waals surface area contributed by atoms with Gasteiger partial charge in [0, 0.05) is 36.8 Å². The maximum absolute atomic E-state index is 13.8. The second kappa shape index (κ2) is 8.38. The topological polar surface area (TPSA) is 43.9 Å². The molecule has 0 atom stereocenters. The number of hydrogen-bond donors (Lipinski definition) is 0. The van der Waals surface area contributed by atoms with Gasteiger partial charge in [0.15, 0.2) is 0 Å². The molecule has 8 heteroatoms. The van der Waals surface area contributed by atoms with E-state index in [2.05, 4.69) is 11.8 Å². The van der Waals surface area contributed by atoms with Crippen molar-refractivity contribution < 1.29 is 14.0 Å².